The Bertz CT molecular complexity index is 282. The van der Waals surface area contributed by atoms with Crippen molar-refractivity contribution >= 4 is 5.91 Å². The van der Waals surface area contributed by atoms with Crippen LogP contribution in [0.15, 0.2) is 0 Å². The maximum absolute atomic E-state index is 12.0. The molecular weight excluding hydrogens is 228 g/mol. The highest BCUT2D eigenvalue weighted by molar-refractivity contribution is 5.77. The van der Waals surface area contributed by atoms with Crippen LogP contribution in [0.3, 0.4) is 0 Å². The van der Waals surface area contributed by atoms with E-state index in [1.165, 1.54) is 12.8 Å². The molecule has 0 aromatic rings. The Morgan fingerprint density at radius 2 is 2.22 bits per heavy atom. The van der Waals surface area contributed by atoms with Crippen molar-refractivity contribution in [3.05, 3.63) is 0 Å². The molecule has 2 aliphatic heterocycles. The largest absolute Gasteiger partial charge is 0.378 e. The van der Waals surface area contributed by atoms with Crippen LogP contribution in [0.4, 0.5) is 0 Å². The molecule has 0 saturated carbocycles. The molecular formula is C14H26N2O2. The van der Waals surface area contributed by atoms with Crippen molar-refractivity contribution in [1.82, 2.24) is 4.90 Å². The van der Waals surface area contributed by atoms with Gasteiger partial charge in [-0.1, -0.05) is 13.3 Å². The van der Waals surface area contributed by atoms with E-state index < -0.39 is 0 Å². The lowest BCUT2D eigenvalue weighted by Gasteiger charge is -2.48. The fraction of sp³-hybridized carbons (Fsp3) is 0.929. The zero-order chi connectivity index (χ0) is 13.0. The van der Waals surface area contributed by atoms with Gasteiger partial charge in [0.25, 0.3) is 0 Å². The summed E-state index contributed by atoms with van der Waals surface area (Å²) in [5.74, 6) is 0.251. The second kappa shape index (κ2) is 6.02. The summed E-state index contributed by atoms with van der Waals surface area (Å²) >= 11 is 0. The second-order valence-corrected chi connectivity index (χ2v) is 5.89. The monoisotopic (exact) mass is 254 g/mol. The molecule has 0 radical (unpaired) electrons. The van der Waals surface area contributed by atoms with Gasteiger partial charge in [0, 0.05) is 26.1 Å². The number of amides is 1. The van der Waals surface area contributed by atoms with E-state index in [2.05, 4.69) is 6.92 Å². The van der Waals surface area contributed by atoms with Crippen LogP contribution in [0.25, 0.3) is 0 Å². The topological polar surface area (TPSA) is 55.6 Å². The summed E-state index contributed by atoms with van der Waals surface area (Å²) < 4.78 is 5.64. The van der Waals surface area contributed by atoms with Gasteiger partial charge in [0.05, 0.1) is 11.6 Å². The zero-order valence-corrected chi connectivity index (χ0v) is 11.5. The first-order chi connectivity index (χ1) is 8.63. The van der Waals surface area contributed by atoms with Gasteiger partial charge >= 0.3 is 0 Å². The highest BCUT2D eigenvalue weighted by Gasteiger charge is 2.40. The van der Waals surface area contributed by atoms with Gasteiger partial charge in [-0.25, -0.2) is 0 Å². The van der Waals surface area contributed by atoms with Gasteiger partial charge in [-0.3, -0.25) is 4.79 Å². The van der Waals surface area contributed by atoms with E-state index in [9.17, 15) is 4.79 Å². The Morgan fingerprint density at radius 3 is 2.83 bits per heavy atom. The third-order valence-electron chi connectivity index (χ3n) is 4.07. The standard InChI is InChI=1S/C14H26N2O2/c1-2-8-14(15)10-16(11-14)13(17)7-6-12-5-3-4-9-18-12/h12H,2-11,15H2,1H3. The summed E-state index contributed by atoms with van der Waals surface area (Å²) in [4.78, 5) is 13.9. The smallest absolute Gasteiger partial charge is 0.222 e. The lowest BCUT2D eigenvalue weighted by Crippen LogP contribution is -2.68. The molecule has 4 heteroatoms. The van der Waals surface area contributed by atoms with Gasteiger partial charge in [0.1, 0.15) is 0 Å². The van der Waals surface area contributed by atoms with Crippen LogP contribution >= 0.6 is 0 Å². The highest BCUT2D eigenvalue weighted by Crippen LogP contribution is 2.25. The Hall–Kier alpha value is -0.610. The van der Waals surface area contributed by atoms with Crippen LogP contribution in [0, 0.1) is 0 Å². The number of hydrogen-bond donors (Lipinski definition) is 1. The molecule has 2 aliphatic rings. The van der Waals surface area contributed by atoms with Crippen LogP contribution < -0.4 is 5.73 Å². The molecule has 18 heavy (non-hydrogen) atoms. The van der Waals surface area contributed by atoms with E-state index in [0.717, 1.165) is 45.4 Å². The lowest BCUT2D eigenvalue weighted by atomic mass is 9.86. The van der Waals surface area contributed by atoms with Crippen LogP contribution in [-0.2, 0) is 9.53 Å². The molecule has 2 saturated heterocycles. The Morgan fingerprint density at radius 1 is 1.44 bits per heavy atom. The molecule has 2 fully saturated rings. The molecule has 0 aromatic carbocycles. The predicted octanol–water partition coefficient (Wildman–Crippen LogP) is 1.68. The molecule has 4 nitrogen and oxygen atoms in total. The van der Waals surface area contributed by atoms with Crippen LogP contribution in [-0.4, -0.2) is 42.1 Å². The second-order valence-electron chi connectivity index (χ2n) is 5.89. The SMILES string of the molecule is CCCC1(N)CN(C(=O)CCC2CCCCO2)C1. The average molecular weight is 254 g/mol. The van der Waals surface area contributed by atoms with Crippen molar-refractivity contribution < 1.29 is 9.53 Å². The minimum Gasteiger partial charge on any atom is -0.378 e. The molecule has 0 bridgehead atoms. The summed E-state index contributed by atoms with van der Waals surface area (Å²) in [7, 11) is 0. The van der Waals surface area contributed by atoms with Gasteiger partial charge < -0.3 is 15.4 Å². The molecule has 0 spiro atoms. The quantitative estimate of drug-likeness (QED) is 0.812. The number of rotatable bonds is 5. The highest BCUT2D eigenvalue weighted by atomic mass is 16.5. The maximum atomic E-state index is 12.0. The molecule has 104 valence electrons. The molecule has 2 N–H and O–H groups in total. The summed E-state index contributed by atoms with van der Waals surface area (Å²) in [6.45, 7) is 4.49. The lowest BCUT2D eigenvalue weighted by molar-refractivity contribution is -0.139. The van der Waals surface area contributed by atoms with E-state index in [0.29, 0.717) is 12.5 Å². The van der Waals surface area contributed by atoms with E-state index in [4.69, 9.17) is 10.5 Å². The molecule has 0 aromatic heterocycles. The number of ether oxygens (including phenoxy) is 1. The van der Waals surface area contributed by atoms with E-state index in [-0.39, 0.29) is 11.4 Å². The van der Waals surface area contributed by atoms with Crippen molar-refractivity contribution in [3.63, 3.8) is 0 Å². The van der Waals surface area contributed by atoms with Crippen molar-refractivity contribution in [2.75, 3.05) is 19.7 Å². The fourth-order valence-corrected chi connectivity index (χ4v) is 3.02. The fourth-order valence-electron chi connectivity index (χ4n) is 3.02. The molecule has 1 amide bonds. The Balaban J connectivity index is 1.64. The number of likely N-dealkylation sites (tertiary alicyclic amines) is 1. The van der Waals surface area contributed by atoms with Gasteiger partial charge in [-0.2, -0.15) is 0 Å². The van der Waals surface area contributed by atoms with E-state index >= 15 is 0 Å². The summed E-state index contributed by atoms with van der Waals surface area (Å²) in [5.41, 5.74) is 6.06. The van der Waals surface area contributed by atoms with Gasteiger partial charge in [0.2, 0.25) is 5.91 Å². The first kappa shape index (κ1) is 13.8. The third kappa shape index (κ3) is 3.45. The number of carbonyl (C=O) groups excluding carboxylic acids is 1. The number of nitrogens with zero attached hydrogens (tertiary/aromatic N) is 1. The normalized spacial score (nSPS) is 26.8. The van der Waals surface area contributed by atoms with Crippen molar-refractivity contribution in [2.24, 2.45) is 5.73 Å². The third-order valence-corrected chi connectivity index (χ3v) is 4.07. The van der Waals surface area contributed by atoms with Crippen molar-refractivity contribution in [3.8, 4) is 0 Å². The summed E-state index contributed by atoms with van der Waals surface area (Å²) in [6, 6.07) is 0. The average Bonchev–Trinajstić information content (AvgIpc) is 2.34. The molecule has 0 aliphatic carbocycles. The van der Waals surface area contributed by atoms with E-state index in [1.807, 2.05) is 4.90 Å². The van der Waals surface area contributed by atoms with Crippen LogP contribution in [0.2, 0.25) is 0 Å². The minimum absolute atomic E-state index is 0.105. The zero-order valence-electron chi connectivity index (χ0n) is 11.5. The van der Waals surface area contributed by atoms with Crippen LogP contribution in [0.5, 0.6) is 0 Å². The first-order valence-electron chi connectivity index (χ1n) is 7.31. The molecule has 1 unspecified atom stereocenters. The van der Waals surface area contributed by atoms with Crippen LogP contribution in [0.1, 0.15) is 51.9 Å². The molecule has 1 atom stereocenters. The van der Waals surface area contributed by atoms with Gasteiger partial charge in [-0.05, 0) is 32.1 Å². The van der Waals surface area contributed by atoms with Crippen molar-refractivity contribution in [1.29, 1.82) is 0 Å². The van der Waals surface area contributed by atoms with E-state index in [1.54, 1.807) is 0 Å². The predicted molar refractivity (Wildman–Crippen MR) is 71.2 cm³/mol. The summed E-state index contributed by atoms with van der Waals surface area (Å²) in [5, 5.41) is 0. The summed E-state index contributed by atoms with van der Waals surface area (Å²) in [6.07, 6.45) is 7.44. The number of carbonyl (C=O) groups is 1. The van der Waals surface area contributed by atoms with Crippen molar-refractivity contribution in [2.45, 2.75) is 63.5 Å². The molecule has 2 rings (SSSR count). The molecule has 2 heterocycles. The first-order valence-corrected chi connectivity index (χ1v) is 7.31. The number of nitrogens with two attached hydrogens (primary N) is 1. The van der Waals surface area contributed by atoms with Gasteiger partial charge in [-0.15, -0.1) is 0 Å². The van der Waals surface area contributed by atoms with Gasteiger partial charge in [0.15, 0.2) is 0 Å². The maximum Gasteiger partial charge on any atom is 0.222 e. The minimum atomic E-state index is -0.105. The Labute approximate surface area is 110 Å². The Kier molecular flexibility index (Phi) is 4.62. The number of hydrogen-bond acceptors (Lipinski definition) is 3.